The number of carbonyl (C=O) groups excluding carboxylic acids is 1. The third-order valence-electron chi connectivity index (χ3n) is 1.64. The Morgan fingerprint density at radius 3 is 2.67 bits per heavy atom. The van der Waals surface area contributed by atoms with Crippen LogP contribution in [0.15, 0.2) is 6.07 Å². The van der Waals surface area contributed by atoms with Gasteiger partial charge in [-0.1, -0.05) is 0 Å². The van der Waals surface area contributed by atoms with Crippen LogP contribution in [0, 0.1) is 5.95 Å². The Kier molecular flexibility index (Phi) is 3.13. The largest absolute Gasteiger partial charge is 0.465 e. The number of nitrogens with two attached hydrogens (primary N) is 1. The lowest BCUT2D eigenvalue weighted by atomic mass is 10.1. The second kappa shape index (κ2) is 4.16. The minimum atomic E-state index is -3.10. The number of hydrogen-bond acceptors (Lipinski definition) is 4. The van der Waals surface area contributed by atoms with Gasteiger partial charge in [0.05, 0.1) is 12.8 Å². The molecule has 1 rings (SSSR count). The summed E-state index contributed by atoms with van der Waals surface area (Å²) in [5, 5.41) is 0. The van der Waals surface area contributed by atoms with E-state index in [1.54, 1.807) is 0 Å². The molecule has 0 amide bonds. The third-order valence-corrected chi connectivity index (χ3v) is 1.64. The minimum Gasteiger partial charge on any atom is -0.465 e. The number of nitrogens with zero attached hydrogens (tertiary/aromatic N) is 1. The van der Waals surface area contributed by atoms with E-state index in [4.69, 9.17) is 5.73 Å². The number of nitrogen functional groups attached to an aromatic ring is 1. The topological polar surface area (TPSA) is 65.2 Å². The molecule has 0 aliphatic rings. The fraction of sp³-hybridized carbons (Fsp3) is 0.250. The molecule has 82 valence electrons. The lowest BCUT2D eigenvalue weighted by Crippen LogP contribution is -2.12. The number of esters is 1. The van der Waals surface area contributed by atoms with E-state index in [1.165, 1.54) is 0 Å². The van der Waals surface area contributed by atoms with E-state index < -0.39 is 35.3 Å². The highest BCUT2D eigenvalue weighted by molar-refractivity contribution is 5.96. The maximum absolute atomic E-state index is 12.7. The Morgan fingerprint density at radius 1 is 1.60 bits per heavy atom. The maximum Gasteiger partial charge on any atom is 0.342 e. The number of ether oxygens (including phenoxy) is 1. The standard InChI is InChI=1S/C8H7F3N2O2/c1-15-8(14)5-3(12)2-4(9)13-6(5)7(10)11/h2,7H,1H3,(H2,12,13). The van der Waals surface area contributed by atoms with Crippen LogP contribution < -0.4 is 5.73 Å². The van der Waals surface area contributed by atoms with Gasteiger partial charge in [0.25, 0.3) is 6.43 Å². The van der Waals surface area contributed by atoms with Crippen molar-refractivity contribution in [2.75, 3.05) is 12.8 Å². The number of methoxy groups -OCH3 is 1. The molecule has 1 aromatic rings. The average molecular weight is 220 g/mol. The second-order valence-electron chi connectivity index (χ2n) is 2.59. The Labute approximate surface area is 82.9 Å². The minimum absolute atomic E-state index is 0.426. The number of rotatable bonds is 2. The molecule has 0 bridgehead atoms. The quantitative estimate of drug-likeness (QED) is 0.606. The summed E-state index contributed by atoms with van der Waals surface area (Å²) >= 11 is 0. The van der Waals surface area contributed by atoms with E-state index in [0.29, 0.717) is 6.07 Å². The van der Waals surface area contributed by atoms with Crippen LogP contribution in [0.5, 0.6) is 0 Å². The molecule has 15 heavy (non-hydrogen) atoms. The predicted octanol–water partition coefficient (Wildman–Crippen LogP) is 1.53. The summed E-state index contributed by atoms with van der Waals surface area (Å²) in [5.41, 5.74) is 3.18. The molecule has 7 heteroatoms. The third kappa shape index (κ3) is 2.17. The lowest BCUT2D eigenvalue weighted by molar-refractivity contribution is 0.0588. The van der Waals surface area contributed by atoms with Crippen LogP contribution in [0.2, 0.25) is 0 Å². The number of aromatic nitrogens is 1. The van der Waals surface area contributed by atoms with Gasteiger partial charge in [-0.3, -0.25) is 0 Å². The smallest absolute Gasteiger partial charge is 0.342 e. The Bertz CT molecular complexity index is 396. The van der Waals surface area contributed by atoms with Gasteiger partial charge < -0.3 is 10.5 Å². The first kappa shape index (κ1) is 11.3. The summed E-state index contributed by atoms with van der Waals surface area (Å²) in [4.78, 5) is 14.0. The van der Waals surface area contributed by atoms with E-state index in [-0.39, 0.29) is 0 Å². The zero-order valence-electron chi connectivity index (χ0n) is 7.63. The van der Waals surface area contributed by atoms with Gasteiger partial charge in [0.2, 0.25) is 5.95 Å². The fourth-order valence-corrected chi connectivity index (χ4v) is 1.03. The van der Waals surface area contributed by atoms with Crippen molar-refractivity contribution in [3.05, 3.63) is 23.3 Å². The van der Waals surface area contributed by atoms with Crippen LogP contribution in [0.25, 0.3) is 0 Å². The Hall–Kier alpha value is -1.79. The van der Waals surface area contributed by atoms with E-state index >= 15 is 0 Å². The summed E-state index contributed by atoms with van der Waals surface area (Å²) < 4.78 is 41.7. The van der Waals surface area contributed by atoms with Gasteiger partial charge in [-0.05, 0) is 0 Å². The van der Waals surface area contributed by atoms with Crippen molar-refractivity contribution in [2.24, 2.45) is 0 Å². The molecule has 0 atom stereocenters. The molecule has 0 saturated heterocycles. The predicted molar refractivity (Wildman–Crippen MR) is 44.9 cm³/mol. The first-order chi connectivity index (χ1) is 6.97. The summed E-state index contributed by atoms with van der Waals surface area (Å²) in [6.45, 7) is 0. The van der Waals surface area contributed by atoms with E-state index in [9.17, 15) is 18.0 Å². The molecule has 0 aliphatic heterocycles. The Balaban J connectivity index is 3.40. The summed E-state index contributed by atoms with van der Waals surface area (Å²) in [6.07, 6.45) is -3.10. The van der Waals surface area contributed by atoms with E-state index in [2.05, 4.69) is 9.72 Å². The van der Waals surface area contributed by atoms with Crippen molar-refractivity contribution < 1.29 is 22.7 Å². The number of hydrogen-bond donors (Lipinski definition) is 1. The lowest BCUT2D eigenvalue weighted by Gasteiger charge is -2.08. The molecule has 0 aliphatic carbocycles. The normalized spacial score (nSPS) is 10.5. The van der Waals surface area contributed by atoms with Crippen molar-refractivity contribution in [2.45, 2.75) is 6.43 Å². The van der Waals surface area contributed by atoms with E-state index in [1.807, 2.05) is 0 Å². The van der Waals surface area contributed by atoms with Crippen LogP contribution in [-0.2, 0) is 4.74 Å². The van der Waals surface area contributed by atoms with E-state index in [0.717, 1.165) is 7.11 Å². The van der Waals surface area contributed by atoms with Gasteiger partial charge >= 0.3 is 5.97 Å². The molecule has 1 heterocycles. The van der Waals surface area contributed by atoms with Crippen molar-refractivity contribution in [1.82, 2.24) is 4.98 Å². The molecule has 2 N–H and O–H groups in total. The highest BCUT2D eigenvalue weighted by Gasteiger charge is 2.24. The SMILES string of the molecule is COC(=O)c1c(N)cc(F)nc1C(F)F. The molecule has 1 aromatic heterocycles. The van der Waals surface area contributed by atoms with Gasteiger partial charge in [0.15, 0.2) is 0 Å². The summed E-state index contributed by atoms with van der Waals surface area (Å²) in [7, 11) is 1.00. The molecule has 4 nitrogen and oxygen atoms in total. The molecule has 0 saturated carbocycles. The molecular weight excluding hydrogens is 213 g/mol. The number of alkyl halides is 2. The molecule has 0 aromatic carbocycles. The van der Waals surface area contributed by atoms with Crippen LogP contribution in [0.1, 0.15) is 22.5 Å². The van der Waals surface area contributed by atoms with Gasteiger partial charge in [-0.2, -0.15) is 4.39 Å². The maximum atomic E-state index is 12.7. The van der Waals surface area contributed by atoms with Crippen molar-refractivity contribution in [3.8, 4) is 0 Å². The van der Waals surface area contributed by atoms with Crippen molar-refractivity contribution in [3.63, 3.8) is 0 Å². The molecule has 0 unspecified atom stereocenters. The first-order valence-corrected chi connectivity index (χ1v) is 3.79. The fourth-order valence-electron chi connectivity index (χ4n) is 1.03. The molecule has 0 fully saturated rings. The molecular formula is C8H7F3N2O2. The summed E-state index contributed by atoms with van der Waals surface area (Å²) in [6, 6.07) is 0.679. The van der Waals surface area contributed by atoms with Gasteiger partial charge in [-0.25, -0.2) is 18.6 Å². The number of pyridine rings is 1. The Morgan fingerprint density at radius 2 is 2.20 bits per heavy atom. The van der Waals surface area contributed by atoms with Gasteiger partial charge in [0.1, 0.15) is 11.3 Å². The van der Waals surface area contributed by atoms with Crippen LogP contribution in [-0.4, -0.2) is 18.1 Å². The monoisotopic (exact) mass is 220 g/mol. The highest BCUT2D eigenvalue weighted by Crippen LogP contribution is 2.26. The molecule has 0 spiro atoms. The number of carbonyl (C=O) groups is 1. The zero-order valence-corrected chi connectivity index (χ0v) is 7.63. The average Bonchev–Trinajstić information content (AvgIpc) is 2.15. The van der Waals surface area contributed by atoms with Crippen LogP contribution in [0.3, 0.4) is 0 Å². The van der Waals surface area contributed by atoms with Gasteiger partial charge in [-0.15, -0.1) is 0 Å². The zero-order chi connectivity index (χ0) is 11.6. The first-order valence-electron chi connectivity index (χ1n) is 3.79. The van der Waals surface area contributed by atoms with Gasteiger partial charge in [0, 0.05) is 6.07 Å². The molecule has 0 radical (unpaired) electrons. The second-order valence-corrected chi connectivity index (χ2v) is 2.59. The van der Waals surface area contributed by atoms with Crippen LogP contribution >= 0.6 is 0 Å². The highest BCUT2D eigenvalue weighted by atomic mass is 19.3. The van der Waals surface area contributed by atoms with Crippen molar-refractivity contribution in [1.29, 1.82) is 0 Å². The summed E-state index contributed by atoms with van der Waals surface area (Å²) in [5.74, 6) is -2.24. The number of halogens is 3. The number of anilines is 1. The van der Waals surface area contributed by atoms with Crippen molar-refractivity contribution >= 4 is 11.7 Å². The van der Waals surface area contributed by atoms with Crippen LogP contribution in [0.4, 0.5) is 18.9 Å².